The first-order chi connectivity index (χ1) is 10.2. The fraction of sp³-hybridized carbons (Fsp3) is 0.722. The van der Waals surface area contributed by atoms with Gasteiger partial charge in [0.05, 0.1) is 12.8 Å². The summed E-state index contributed by atoms with van der Waals surface area (Å²) in [5.74, 6) is 2.37. The van der Waals surface area contributed by atoms with Gasteiger partial charge in [-0.25, -0.2) is 0 Å². The molecule has 118 valence electrons. The molecule has 21 heavy (non-hydrogen) atoms. The summed E-state index contributed by atoms with van der Waals surface area (Å²) >= 11 is 0. The van der Waals surface area contributed by atoms with Crippen molar-refractivity contribution in [3.63, 3.8) is 0 Å². The predicted molar refractivity (Wildman–Crippen MR) is 87.3 cm³/mol. The minimum Gasteiger partial charge on any atom is -0.492 e. The van der Waals surface area contributed by atoms with E-state index in [-0.39, 0.29) is 6.04 Å². The lowest BCUT2D eigenvalue weighted by atomic mass is 9.76. The molecule has 1 atom stereocenters. The maximum Gasteiger partial charge on any atom is 0.137 e. The summed E-state index contributed by atoms with van der Waals surface area (Å²) in [5, 5.41) is 0. The van der Waals surface area contributed by atoms with E-state index in [0.29, 0.717) is 12.5 Å². The molecule has 0 aromatic carbocycles. The van der Waals surface area contributed by atoms with Gasteiger partial charge in [-0.05, 0) is 43.2 Å². The smallest absolute Gasteiger partial charge is 0.137 e. The van der Waals surface area contributed by atoms with Gasteiger partial charge in [-0.15, -0.1) is 0 Å². The van der Waals surface area contributed by atoms with Crippen LogP contribution < -0.4 is 10.5 Å². The van der Waals surface area contributed by atoms with Crippen LogP contribution in [-0.2, 0) is 0 Å². The number of nitrogens with two attached hydrogens (primary N) is 1. The van der Waals surface area contributed by atoms with Gasteiger partial charge in [0.25, 0.3) is 0 Å². The van der Waals surface area contributed by atoms with E-state index in [1.807, 2.05) is 13.1 Å². The third kappa shape index (κ3) is 4.70. The monoisotopic (exact) mass is 290 g/mol. The van der Waals surface area contributed by atoms with Gasteiger partial charge in [0.1, 0.15) is 5.75 Å². The average Bonchev–Trinajstić information content (AvgIpc) is 2.53. The molecule has 1 aromatic heterocycles. The van der Waals surface area contributed by atoms with Crippen LogP contribution in [0.15, 0.2) is 18.5 Å². The number of ether oxygens (including phenoxy) is 1. The number of unbranched alkanes of at least 4 members (excludes halogenated alkanes) is 1. The molecule has 2 rings (SSSR count). The summed E-state index contributed by atoms with van der Waals surface area (Å²) in [4.78, 5) is 4.27. The first kappa shape index (κ1) is 16.3. The Bertz CT molecular complexity index is 413. The second kappa shape index (κ2) is 8.38. The molecule has 1 aliphatic carbocycles. The lowest BCUT2D eigenvalue weighted by Crippen LogP contribution is -2.26. The Kier molecular flexibility index (Phi) is 6.50. The topological polar surface area (TPSA) is 48.1 Å². The number of nitrogens with zero attached hydrogens (tertiary/aromatic N) is 1. The molecule has 2 N–H and O–H groups in total. The van der Waals surface area contributed by atoms with Crippen molar-refractivity contribution in [3.05, 3.63) is 24.0 Å². The minimum atomic E-state index is 0.102. The van der Waals surface area contributed by atoms with Crippen molar-refractivity contribution in [3.8, 4) is 5.75 Å². The lowest BCUT2D eigenvalue weighted by molar-refractivity contribution is 0.232. The van der Waals surface area contributed by atoms with Gasteiger partial charge in [0.15, 0.2) is 0 Å². The summed E-state index contributed by atoms with van der Waals surface area (Å²) in [5.41, 5.74) is 7.61. The largest absolute Gasteiger partial charge is 0.492 e. The predicted octanol–water partition coefficient (Wildman–Crippen LogP) is 4.48. The van der Waals surface area contributed by atoms with Crippen molar-refractivity contribution < 1.29 is 4.74 Å². The van der Waals surface area contributed by atoms with Gasteiger partial charge in [-0.2, -0.15) is 0 Å². The Morgan fingerprint density at radius 1 is 1.24 bits per heavy atom. The molecule has 3 nitrogen and oxygen atoms in total. The summed E-state index contributed by atoms with van der Waals surface area (Å²) in [7, 11) is 0. The van der Waals surface area contributed by atoms with Crippen molar-refractivity contribution in [1.29, 1.82) is 0 Å². The van der Waals surface area contributed by atoms with E-state index in [1.165, 1.54) is 44.9 Å². The first-order valence-electron chi connectivity index (χ1n) is 8.57. The van der Waals surface area contributed by atoms with Crippen molar-refractivity contribution in [2.45, 2.75) is 64.8 Å². The average molecular weight is 290 g/mol. The Balaban J connectivity index is 1.89. The van der Waals surface area contributed by atoms with Crippen LogP contribution in [0.1, 0.15) is 70.4 Å². The molecule has 1 saturated carbocycles. The molecule has 1 aromatic rings. The van der Waals surface area contributed by atoms with Crippen LogP contribution in [0.2, 0.25) is 0 Å². The van der Waals surface area contributed by atoms with Crippen LogP contribution in [0.5, 0.6) is 5.75 Å². The highest BCUT2D eigenvalue weighted by Crippen LogP contribution is 2.37. The standard InChI is InChI=1S/C18H30N2O/c1-3-5-6-14-7-9-15(10-8-14)18(19)16-11-17(21-4-2)13-20-12-16/h11-15,18H,3-10,19H2,1-2H3. The minimum absolute atomic E-state index is 0.102. The van der Waals surface area contributed by atoms with Crippen LogP contribution in [0.25, 0.3) is 0 Å². The fourth-order valence-electron chi connectivity index (χ4n) is 3.46. The zero-order valence-electron chi connectivity index (χ0n) is 13.6. The molecule has 0 spiro atoms. The quantitative estimate of drug-likeness (QED) is 0.805. The molecule has 1 heterocycles. The normalized spacial score (nSPS) is 23.8. The molecule has 0 saturated heterocycles. The SMILES string of the molecule is CCCCC1CCC(C(N)c2cncc(OCC)c2)CC1. The Hall–Kier alpha value is -1.09. The Morgan fingerprint density at radius 2 is 2.00 bits per heavy atom. The van der Waals surface area contributed by atoms with Gasteiger partial charge in [-0.1, -0.05) is 39.0 Å². The van der Waals surface area contributed by atoms with Crippen LogP contribution in [0.4, 0.5) is 0 Å². The van der Waals surface area contributed by atoms with Crippen molar-refractivity contribution in [2.75, 3.05) is 6.61 Å². The third-order valence-corrected chi connectivity index (χ3v) is 4.80. The van der Waals surface area contributed by atoms with Crippen LogP contribution >= 0.6 is 0 Å². The first-order valence-corrected chi connectivity index (χ1v) is 8.57. The highest BCUT2D eigenvalue weighted by Gasteiger charge is 2.26. The molecule has 0 bridgehead atoms. The second-order valence-corrected chi connectivity index (χ2v) is 6.34. The zero-order valence-corrected chi connectivity index (χ0v) is 13.6. The molecular weight excluding hydrogens is 260 g/mol. The van der Waals surface area contributed by atoms with Gasteiger partial charge in [0, 0.05) is 12.2 Å². The van der Waals surface area contributed by atoms with Gasteiger partial charge in [-0.3, -0.25) is 4.98 Å². The molecule has 3 heteroatoms. The van der Waals surface area contributed by atoms with Crippen LogP contribution in [-0.4, -0.2) is 11.6 Å². The van der Waals surface area contributed by atoms with E-state index in [4.69, 9.17) is 10.5 Å². The number of pyridine rings is 1. The molecule has 1 aliphatic rings. The maximum atomic E-state index is 6.48. The van der Waals surface area contributed by atoms with Gasteiger partial charge >= 0.3 is 0 Å². The summed E-state index contributed by atoms with van der Waals surface area (Å²) < 4.78 is 5.53. The third-order valence-electron chi connectivity index (χ3n) is 4.80. The number of aromatic nitrogens is 1. The maximum absolute atomic E-state index is 6.48. The van der Waals surface area contributed by atoms with E-state index < -0.39 is 0 Å². The molecule has 0 aliphatic heterocycles. The molecule has 1 fully saturated rings. The van der Waals surface area contributed by atoms with Crippen LogP contribution in [0.3, 0.4) is 0 Å². The Morgan fingerprint density at radius 3 is 2.67 bits per heavy atom. The summed E-state index contributed by atoms with van der Waals surface area (Å²) in [6.07, 6.45) is 13.0. The van der Waals surface area contributed by atoms with E-state index in [1.54, 1.807) is 6.20 Å². The van der Waals surface area contributed by atoms with Crippen LogP contribution in [0, 0.1) is 11.8 Å². The van der Waals surface area contributed by atoms with Crippen molar-refractivity contribution in [2.24, 2.45) is 17.6 Å². The van der Waals surface area contributed by atoms with E-state index >= 15 is 0 Å². The van der Waals surface area contributed by atoms with Crippen molar-refractivity contribution in [1.82, 2.24) is 4.98 Å². The molecular formula is C18H30N2O. The molecule has 0 radical (unpaired) electrons. The second-order valence-electron chi connectivity index (χ2n) is 6.34. The number of rotatable bonds is 7. The zero-order chi connectivity index (χ0) is 15.1. The fourth-order valence-corrected chi connectivity index (χ4v) is 3.46. The molecule has 0 amide bonds. The van der Waals surface area contributed by atoms with Crippen molar-refractivity contribution >= 4 is 0 Å². The Labute approximate surface area is 129 Å². The van der Waals surface area contributed by atoms with Gasteiger partial charge in [0.2, 0.25) is 0 Å². The lowest BCUT2D eigenvalue weighted by Gasteiger charge is -2.32. The van der Waals surface area contributed by atoms with E-state index in [9.17, 15) is 0 Å². The van der Waals surface area contributed by atoms with E-state index in [0.717, 1.165) is 17.2 Å². The summed E-state index contributed by atoms with van der Waals surface area (Å²) in [6.45, 7) is 4.94. The van der Waals surface area contributed by atoms with E-state index in [2.05, 4.69) is 18.0 Å². The highest BCUT2D eigenvalue weighted by atomic mass is 16.5. The number of hydrogen-bond acceptors (Lipinski definition) is 3. The highest BCUT2D eigenvalue weighted by molar-refractivity contribution is 5.26. The molecule has 1 unspecified atom stereocenters. The number of hydrogen-bond donors (Lipinski definition) is 1. The summed E-state index contributed by atoms with van der Waals surface area (Å²) in [6, 6.07) is 2.16. The van der Waals surface area contributed by atoms with Gasteiger partial charge < -0.3 is 10.5 Å².